The smallest absolute Gasteiger partial charge is 0.0193 e. The van der Waals surface area contributed by atoms with E-state index in [4.69, 9.17) is 0 Å². The van der Waals surface area contributed by atoms with Gasteiger partial charge in [0.15, 0.2) is 0 Å². The van der Waals surface area contributed by atoms with E-state index in [-0.39, 0.29) is 7.43 Å². The first-order valence-electron chi connectivity index (χ1n) is 20.8. The van der Waals surface area contributed by atoms with Gasteiger partial charge in [0, 0.05) is 0 Å². The van der Waals surface area contributed by atoms with Crippen molar-refractivity contribution in [3.8, 4) is 0 Å². The zero-order valence-corrected chi connectivity index (χ0v) is 35.9. The topological polar surface area (TPSA) is 0 Å². The second-order valence-corrected chi connectivity index (χ2v) is 14.6. The monoisotopic (exact) mass is 797 g/mol. The fourth-order valence-electron chi connectivity index (χ4n) is 5.63. The molecular weight excluding hydrogens is 733 g/mol. The van der Waals surface area contributed by atoms with E-state index in [1.165, 1.54) is 62.1 Å². The molecule has 0 aliphatic carbocycles. The van der Waals surface area contributed by atoms with Gasteiger partial charge in [0.2, 0.25) is 0 Å². The van der Waals surface area contributed by atoms with Crippen molar-refractivity contribution >= 4 is 42.5 Å². The zero-order valence-electron chi connectivity index (χ0n) is 35.9. The molecule has 7 aromatic carbocycles. The second kappa shape index (κ2) is 28.4. The van der Waals surface area contributed by atoms with Crippen molar-refractivity contribution in [2.24, 2.45) is 0 Å². The number of hydrogen-bond donors (Lipinski definition) is 0. The summed E-state index contributed by atoms with van der Waals surface area (Å²) in [6, 6.07) is 67.1. The largest absolute Gasteiger partial charge is 0.0985 e. The lowest BCUT2D eigenvalue weighted by Crippen LogP contribution is -1.90. The van der Waals surface area contributed by atoms with Crippen LogP contribution in [0.4, 0.5) is 0 Å². The Hall–Kier alpha value is -7.02. The van der Waals surface area contributed by atoms with Crippen LogP contribution in [0.15, 0.2) is 225 Å². The number of benzene rings is 7. The Morgan fingerprint density at radius 3 is 0.951 bits per heavy atom. The Morgan fingerprint density at radius 2 is 0.672 bits per heavy atom. The van der Waals surface area contributed by atoms with Gasteiger partial charge in [-0.25, -0.2) is 0 Å². The predicted octanol–water partition coefficient (Wildman–Crippen LogP) is 17.8. The summed E-state index contributed by atoms with van der Waals surface area (Å²) in [7, 11) is 0. The molecule has 7 rings (SSSR count). The standard InChI is InChI=1S/C18H20.C15H14.C14H12.C13H14.CH4/c1-3-15(2)18-13-11-17(12-14-18)10-9-16-7-5-4-6-8-16;1-13-7-9-15(10-8-13)12-11-14-5-3-2-4-6-14;1-3-7-13(8-4-1)11-12-14-9-5-2-6-10-14;1-4-11(2)5-8-13-9-6-12(3)7-10-13;/h4-15H,3H2,1-2H3;2-12H,1H3;1-12H;4-10H,1-2H2,3H3;1H4/b10-9+;2*12-11+;8-5+;. The number of allylic oxidation sites excluding steroid dienone is 3. The van der Waals surface area contributed by atoms with E-state index in [0.717, 1.165) is 5.57 Å². The van der Waals surface area contributed by atoms with Gasteiger partial charge in [0.25, 0.3) is 0 Å². The van der Waals surface area contributed by atoms with E-state index in [0.29, 0.717) is 5.92 Å². The molecule has 0 saturated carbocycles. The van der Waals surface area contributed by atoms with Crippen LogP contribution in [0.3, 0.4) is 0 Å². The fraction of sp³-hybridized carbons (Fsp3) is 0.115. The fourth-order valence-corrected chi connectivity index (χ4v) is 5.63. The van der Waals surface area contributed by atoms with Crippen LogP contribution in [0.1, 0.15) is 89.2 Å². The molecule has 0 heteroatoms. The first-order chi connectivity index (χ1) is 29.3. The van der Waals surface area contributed by atoms with Crippen molar-refractivity contribution in [3.05, 3.63) is 281 Å². The maximum atomic E-state index is 3.80. The van der Waals surface area contributed by atoms with Crippen LogP contribution in [0.5, 0.6) is 0 Å². The normalized spacial score (nSPS) is 11.0. The summed E-state index contributed by atoms with van der Waals surface area (Å²) < 4.78 is 0. The summed E-state index contributed by atoms with van der Waals surface area (Å²) in [5.41, 5.74) is 13.6. The molecule has 0 N–H and O–H groups in total. The molecule has 0 aliphatic rings. The Labute approximate surface area is 369 Å². The highest BCUT2D eigenvalue weighted by Crippen LogP contribution is 2.20. The molecule has 0 bridgehead atoms. The van der Waals surface area contributed by atoms with Crippen LogP contribution in [-0.2, 0) is 0 Å². The van der Waals surface area contributed by atoms with Crippen LogP contribution in [-0.4, -0.2) is 0 Å². The maximum Gasteiger partial charge on any atom is -0.0193 e. The quantitative estimate of drug-likeness (QED) is 0.0903. The first-order valence-corrected chi connectivity index (χ1v) is 20.8. The van der Waals surface area contributed by atoms with Crippen molar-refractivity contribution in [2.45, 2.75) is 47.5 Å². The van der Waals surface area contributed by atoms with Gasteiger partial charge in [-0.3, -0.25) is 0 Å². The molecule has 0 fully saturated rings. The highest BCUT2D eigenvalue weighted by Gasteiger charge is 2.01. The van der Waals surface area contributed by atoms with Gasteiger partial charge in [-0.05, 0) is 76.3 Å². The summed E-state index contributed by atoms with van der Waals surface area (Å²) in [4.78, 5) is 0. The molecule has 0 heterocycles. The molecule has 0 amide bonds. The molecule has 0 radical (unpaired) electrons. The molecule has 308 valence electrons. The molecule has 0 spiro atoms. The van der Waals surface area contributed by atoms with Gasteiger partial charge in [0.1, 0.15) is 0 Å². The molecule has 7 aromatic rings. The van der Waals surface area contributed by atoms with Crippen LogP contribution < -0.4 is 0 Å². The minimum absolute atomic E-state index is 0. The van der Waals surface area contributed by atoms with Crippen molar-refractivity contribution in [3.63, 3.8) is 0 Å². The lowest BCUT2D eigenvalue weighted by Gasteiger charge is -2.08. The van der Waals surface area contributed by atoms with Crippen LogP contribution in [0.25, 0.3) is 42.5 Å². The lowest BCUT2D eigenvalue weighted by atomic mass is 9.97. The van der Waals surface area contributed by atoms with E-state index in [2.05, 4.69) is 223 Å². The van der Waals surface area contributed by atoms with E-state index < -0.39 is 0 Å². The third kappa shape index (κ3) is 20.0. The van der Waals surface area contributed by atoms with Gasteiger partial charge in [-0.2, -0.15) is 0 Å². The van der Waals surface area contributed by atoms with Gasteiger partial charge >= 0.3 is 0 Å². The molecular formula is C61H64. The predicted molar refractivity (Wildman–Crippen MR) is 275 cm³/mol. The van der Waals surface area contributed by atoms with Crippen molar-refractivity contribution in [2.75, 3.05) is 0 Å². The molecule has 0 aliphatic heterocycles. The summed E-state index contributed by atoms with van der Waals surface area (Å²) in [5.74, 6) is 0.650. The first kappa shape index (κ1) is 48.3. The van der Waals surface area contributed by atoms with Crippen molar-refractivity contribution in [1.82, 2.24) is 0 Å². The Morgan fingerprint density at radius 1 is 0.410 bits per heavy atom. The number of hydrogen-bond acceptors (Lipinski definition) is 0. The van der Waals surface area contributed by atoms with Crippen molar-refractivity contribution in [1.29, 1.82) is 0 Å². The third-order valence-corrected chi connectivity index (χ3v) is 9.63. The number of aryl methyl sites for hydroxylation is 2. The van der Waals surface area contributed by atoms with Gasteiger partial charge < -0.3 is 0 Å². The van der Waals surface area contributed by atoms with Crippen molar-refractivity contribution < 1.29 is 0 Å². The van der Waals surface area contributed by atoms with E-state index in [1.54, 1.807) is 6.08 Å². The Balaban J connectivity index is 0.000000217. The van der Waals surface area contributed by atoms with E-state index in [1.807, 2.05) is 60.7 Å². The average molecular weight is 797 g/mol. The SMILES string of the molecule is C.C(=C\c1ccccc1)/c1ccccc1.C=CC(=C)/C=C/c1ccc(C)cc1.CCC(C)c1ccc(/C=C/c2ccccc2)cc1.Cc1ccc(/C=C/c2ccccc2)cc1. The number of rotatable bonds is 11. The second-order valence-electron chi connectivity index (χ2n) is 14.6. The average Bonchev–Trinajstić information content (AvgIpc) is 3.31. The molecule has 1 atom stereocenters. The molecule has 0 saturated heterocycles. The van der Waals surface area contributed by atoms with Gasteiger partial charge in [-0.1, -0.05) is 294 Å². The van der Waals surface area contributed by atoms with Gasteiger partial charge in [-0.15, -0.1) is 0 Å². The highest BCUT2D eigenvalue weighted by molar-refractivity contribution is 5.71. The molecule has 0 aromatic heterocycles. The molecule has 61 heavy (non-hydrogen) atoms. The summed E-state index contributed by atoms with van der Waals surface area (Å²) in [6.07, 6.45) is 19.7. The summed E-state index contributed by atoms with van der Waals surface area (Å²) >= 11 is 0. The van der Waals surface area contributed by atoms with E-state index in [9.17, 15) is 0 Å². The van der Waals surface area contributed by atoms with Crippen LogP contribution >= 0.6 is 0 Å². The highest BCUT2D eigenvalue weighted by atomic mass is 14.1. The minimum Gasteiger partial charge on any atom is -0.0985 e. The minimum atomic E-state index is 0. The van der Waals surface area contributed by atoms with Crippen LogP contribution in [0.2, 0.25) is 0 Å². The summed E-state index contributed by atoms with van der Waals surface area (Å²) in [5, 5.41) is 0. The Kier molecular flexibility index (Phi) is 22.5. The Bertz CT molecular complexity index is 2300. The van der Waals surface area contributed by atoms with Gasteiger partial charge in [0.05, 0.1) is 0 Å². The summed E-state index contributed by atoms with van der Waals surface area (Å²) in [6.45, 7) is 16.1. The molecule has 1 unspecified atom stereocenters. The third-order valence-electron chi connectivity index (χ3n) is 9.63. The maximum absolute atomic E-state index is 3.80. The lowest BCUT2D eigenvalue weighted by molar-refractivity contribution is 0.733. The zero-order chi connectivity index (χ0) is 42.6. The van der Waals surface area contributed by atoms with E-state index >= 15 is 0 Å². The molecule has 0 nitrogen and oxygen atoms in total. The van der Waals surface area contributed by atoms with Crippen LogP contribution in [0, 0.1) is 13.8 Å².